The van der Waals surface area contributed by atoms with Crippen molar-refractivity contribution < 1.29 is 5.11 Å². The third kappa shape index (κ3) is 3.34. The molecular weight excluding hydrogens is 350 g/mol. The van der Waals surface area contributed by atoms with Gasteiger partial charge in [-0.2, -0.15) is 4.98 Å². The lowest BCUT2D eigenvalue weighted by Gasteiger charge is -2.49. The number of hydrogen-bond donors (Lipinski definition) is 3. The van der Waals surface area contributed by atoms with E-state index in [0.29, 0.717) is 23.8 Å². The molecule has 2 aliphatic carbocycles. The third-order valence-corrected chi connectivity index (χ3v) is 5.93. The van der Waals surface area contributed by atoms with Gasteiger partial charge in [0.05, 0.1) is 23.6 Å². The van der Waals surface area contributed by atoms with E-state index in [1.165, 1.54) is 11.1 Å². The fraction of sp³-hybridized carbons (Fsp3) is 0.409. The van der Waals surface area contributed by atoms with Crippen molar-refractivity contribution >= 4 is 17.3 Å². The second-order valence-electron chi connectivity index (χ2n) is 7.98. The lowest BCUT2D eigenvalue weighted by Crippen LogP contribution is -2.57. The average molecular weight is 375 g/mol. The first-order chi connectivity index (χ1) is 13.5. The van der Waals surface area contributed by atoms with Crippen LogP contribution in [0.5, 0.6) is 0 Å². The molecule has 0 amide bonds. The molecule has 2 aliphatic rings. The smallest absolute Gasteiger partial charge is 0.224 e. The topological polar surface area (TPSA) is 83.0 Å². The summed E-state index contributed by atoms with van der Waals surface area (Å²) in [6.45, 7) is 4.80. The number of nitrogens with zero attached hydrogens (tertiary/aromatic N) is 3. The van der Waals surface area contributed by atoms with E-state index in [1.54, 1.807) is 6.20 Å². The highest BCUT2D eigenvalue weighted by Gasteiger charge is 2.47. The molecule has 6 heteroatoms. The molecule has 2 aromatic heterocycles. The third-order valence-electron chi connectivity index (χ3n) is 5.93. The standard InChI is InChI=1S/C22H25N5O/c1-4-14-13-25-21(27-20(14)26-18-12-19(28)22(18,2)3)24-11-9-15-7-8-17-16(15)6-5-10-23-17/h1,5-7,10,13,18-19,28H,8-9,11-12H2,2-3H3,(H2,24,25,26,27)/t18-,19+/m1/s1. The van der Waals surface area contributed by atoms with Crippen LogP contribution in [0.3, 0.4) is 0 Å². The molecule has 3 N–H and O–H groups in total. The summed E-state index contributed by atoms with van der Waals surface area (Å²) < 4.78 is 0. The summed E-state index contributed by atoms with van der Waals surface area (Å²) in [5, 5.41) is 16.6. The van der Waals surface area contributed by atoms with E-state index in [-0.39, 0.29) is 17.6 Å². The Kier molecular flexibility index (Phi) is 4.78. The van der Waals surface area contributed by atoms with Crippen molar-refractivity contribution in [3.8, 4) is 12.3 Å². The molecule has 2 aromatic rings. The number of anilines is 2. The Bertz CT molecular complexity index is 960. The first kappa shape index (κ1) is 18.5. The summed E-state index contributed by atoms with van der Waals surface area (Å²) in [6.07, 6.45) is 13.5. The molecule has 0 unspecified atom stereocenters. The number of aromatic nitrogens is 3. The number of fused-ring (bicyclic) bond motifs is 1. The van der Waals surface area contributed by atoms with Gasteiger partial charge in [0.2, 0.25) is 5.95 Å². The Morgan fingerprint density at radius 2 is 2.21 bits per heavy atom. The highest BCUT2D eigenvalue weighted by Crippen LogP contribution is 2.42. The van der Waals surface area contributed by atoms with Gasteiger partial charge in [-0.15, -0.1) is 6.42 Å². The van der Waals surface area contributed by atoms with Gasteiger partial charge in [-0.1, -0.05) is 31.9 Å². The molecule has 144 valence electrons. The van der Waals surface area contributed by atoms with Crippen molar-refractivity contribution in [2.24, 2.45) is 5.41 Å². The first-order valence-corrected chi connectivity index (χ1v) is 9.64. The fourth-order valence-electron chi connectivity index (χ4n) is 3.76. The molecule has 0 radical (unpaired) electrons. The zero-order valence-electron chi connectivity index (χ0n) is 16.2. The zero-order valence-corrected chi connectivity index (χ0v) is 16.2. The molecule has 0 aliphatic heterocycles. The molecule has 6 nitrogen and oxygen atoms in total. The van der Waals surface area contributed by atoms with Crippen LogP contribution >= 0.6 is 0 Å². The van der Waals surface area contributed by atoms with Gasteiger partial charge in [0, 0.05) is 30.6 Å². The molecular formula is C22H25N5O. The van der Waals surface area contributed by atoms with Crippen molar-refractivity contribution in [1.82, 2.24) is 15.0 Å². The van der Waals surface area contributed by atoms with Gasteiger partial charge in [0.15, 0.2) is 0 Å². The largest absolute Gasteiger partial charge is 0.392 e. The first-order valence-electron chi connectivity index (χ1n) is 9.64. The maximum Gasteiger partial charge on any atom is 0.224 e. The molecule has 4 rings (SSSR count). The number of allylic oxidation sites excluding steroid dienone is 1. The SMILES string of the molecule is C#Cc1cnc(NCCC2=CCc3ncccc32)nc1N[C@@H]1C[C@H](O)C1(C)C. The second-order valence-corrected chi connectivity index (χ2v) is 7.98. The van der Waals surface area contributed by atoms with E-state index in [2.05, 4.69) is 43.6 Å². The van der Waals surface area contributed by atoms with Gasteiger partial charge >= 0.3 is 0 Å². The van der Waals surface area contributed by atoms with E-state index in [1.807, 2.05) is 26.1 Å². The summed E-state index contributed by atoms with van der Waals surface area (Å²) in [5.41, 5.74) is 4.10. The number of rotatable bonds is 6. The molecule has 0 saturated heterocycles. The Morgan fingerprint density at radius 1 is 1.36 bits per heavy atom. The van der Waals surface area contributed by atoms with Gasteiger partial charge in [0.1, 0.15) is 5.82 Å². The van der Waals surface area contributed by atoms with Crippen molar-refractivity contribution in [3.05, 3.63) is 47.4 Å². The van der Waals surface area contributed by atoms with Crippen LogP contribution in [-0.2, 0) is 6.42 Å². The highest BCUT2D eigenvalue weighted by atomic mass is 16.3. The predicted octanol–water partition coefficient (Wildman–Crippen LogP) is 2.87. The number of hydrogen-bond acceptors (Lipinski definition) is 6. The Hall–Kier alpha value is -2.91. The highest BCUT2D eigenvalue weighted by molar-refractivity contribution is 5.72. The lowest BCUT2D eigenvalue weighted by molar-refractivity contribution is -0.0511. The zero-order chi connectivity index (χ0) is 19.7. The van der Waals surface area contributed by atoms with Gasteiger partial charge in [-0.25, -0.2) is 4.98 Å². The van der Waals surface area contributed by atoms with E-state index < -0.39 is 0 Å². The molecule has 2 heterocycles. The van der Waals surface area contributed by atoms with Crippen molar-refractivity contribution in [2.75, 3.05) is 17.2 Å². The fourth-order valence-corrected chi connectivity index (χ4v) is 3.76. The Morgan fingerprint density at radius 3 is 2.96 bits per heavy atom. The number of nitrogens with one attached hydrogen (secondary N) is 2. The average Bonchev–Trinajstić information content (AvgIpc) is 3.11. The summed E-state index contributed by atoms with van der Waals surface area (Å²) in [7, 11) is 0. The quantitative estimate of drug-likeness (QED) is 0.674. The summed E-state index contributed by atoms with van der Waals surface area (Å²) in [4.78, 5) is 13.3. The molecule has 2 atom stereocenters. The van der Waals surface area contributed by atoms with Gasteiger partial charge in [0.25, 0.3) is 0 Å². The summed E-state index contributed by atoms with van der Waals surface area (Å²) in [5.74, 6) is 3.82. The molecule has 28 heavy (non-hydrogen) atoms. The van der Waals surface area contributed by atoms with Crippen molar-refractivity contribution in [1.29, 1.82) is 0 Å². The maximum atomic E-state index is 9.96. The number of aliphatic hydroxyl groups is 1. The predicted molar refractivity (Wildman–Crippen MR) is 111 cm³/mol. The van der Waals surface area contributed by atoms with E-state index in [0.717, 1.165) is 25.1 Å². The monoisotopic (exact) mass is 375 g/mol. The summed E-state index contributed by atoms with van der Waals surface area (Å²) >= 11 is 0. The van der Waals surface area contributed by atoms with Crippen LogP contribution in [0.15, 0.2) is 30.6 Å². The molecule has 0 spiro atoms. The lowest BCUT2D eigenvalue weighted by atomic mass is 9.64. The number of terminal acetylenes is 1. The van der Waals surface area contributed by atoms with Crippen LogP contribution in [0, 0.1) is 17.8 Å². The molecule has 1 saturated carbocycles. The Labute approximate surface area is 165 Å². The molecule has 0 aromatic carbocycles. The maximum absolute atomic E-state index is 9.96. The van der Waals surface area contributed by atoms with Crippen LogP contribution < -0.4 is 10.6 Å². The van der Waals surface area contributed by atoms with Crippen LogP contribution in [0.2, 0.25) is 0 Å². The number of pyridine rings is 1. The minimum Gasteiger partial charge on any atom is -0.392 e. The second kappa shape index (κ2) is 7.25. The van der Waals surface area contributed by atoms with Gasteiger partial charge < -0.3 is 15.7 Å². The summed E-state index contributed by atoms with van der Waals surface area (Å²) in [6, 6.07) is 4.23. The molecule has 0 bridgehead atoms. The van der Waals surface area contributed by atoms with Gasteiger partial charge in [-0.05, 0) is 30.0 Å². The van der Waals surface area contributed by atoms with E-state index in [4.69, 9.17) is 6.42 Å². The van der Waals surface area contributed by atoms with Crippen molar-refractivity contribution in [3.63, 3.8) is 0 Å². The minimum absolute atomic E-state index is 0.130. The minimum atomic E-state index is -0.309. The van der Waals surface area contributed by atoms with Crippen molar-refractivity contribution in [2.45, 2.75) is 45.3 Å². The number of aliphatic hydroxyl groups excluding tert-OH is 1. The van der Waals surface area contributed by atoms with Gasteiger partial charge in [-0.3, -0.25) is 4.98 Å². The normalized spacial score (nSPS) is 21.9. The molecule has 1 fully saturated rings. The van der Waals surface area contributed by atoms with Crippen LogP contribution in [0.4, 0.5) is 11.8 Å². The van der Waals surface area contributed by atoms with Crippen LogP contribution in [0.1, 0.15) is 43.5 Å². The Balaban J connectivity index is 1.40. The van der Waals surface area contributed by atoms with E-state index >= 15 is 0 Å². The van der Waals surface area contributed by atoms with Crippen LogP contribution in [0.25, 0.3) is 5.57 Å². The van der Waals surface area contributed by atoms with E-state index in [9.17, 15) is 5.11 Å². The van der Waals surface area contributed by atoms with Crippen LogP contribution in [-0.4, -0.2) is 38.7 Å².